The summed E-state index contributed by atoms with van der Waals surface area (Å²) >= 11 is 0. The Morgan fingerprint density at radius 3 is 2.18 bits per heavy atom. The number of nitrogens with one attached hydrogen (secondary N) is 1. The van der Waals surface area contributed by atoms with Crippen molar-refractivity contribution in [1.82, 2.24) is 0 Å². The van der Waals surface area contributed by atoms with E-state index in [0.29, 0.717) is 0 Å². The van der Waals surface area contributed by atoms with E-state index in [1.165, 1.54) is 31.2 Å². The molecular weight excluding hydrogens is 397 g/mol. The number of amides is 1. The van der Waals surface area contributed by atoms with Crippen LogP contribution in [0.2, 0.25) is 0 Å². The van der Waals surface area contributed by atoms with Gasteiger partial charge in [-0.1, -0.05) is 12.1 Å². The first-order chi connectivity index (χ1) is 12.9. The number of rotatable bonds is 6. The fourth-order valence-corrected chi connectivity index (χ4v) is 3.20. The molecule has 2 aromatic rings. The summed E-state index contributed by atoms with van der Waals surface area (Å²) in [6.45, 7) is 0.711. The summed E-state index contributed by atoms with van der Waals surface area (Å²) in [6, 6.07) is 9.52. The zero-order valence-electron chi connectivity index (χ0n) is 14.9. The number of ketones is 1. The van der Waals surface area contributed by atoms with E-state index >= 15 is 0 Å². The number of anilines is 2. The molecule has 0 spiro atoms. The van der Waals surface area contributed by atoms with E-state index in [-0.39, 0.29) is 22.7 Å². The molecule has 0 aromatic heterocycles. The van der Waals surface area contributed by atoms with E-state index in [1.54, 1.807) is 0 Å². The molecule has 0 heterocycles. The molecule has 0 bridgehead atoms. The van der Waals surface area contributed by atoms with Gasteiger partial charge < -0.3 is 5.32 Å². The first-order valence-corrected chi connectivity index (χ1v) is 9.78. The molecule has 0 saturated heterocycles. The van der Waals surface area contributed by atoms with Crippen LogP contribution in [0, 0.1) is 0 Å². The molecular formula is C18H17F3N2O4S. The van der Waals surface area contributed by atoms with Crippen molar-refractivity contribution in [2.24, 2.45) is 0 Å². The second-order valence-corrected chi connectivity index (χ2v) is 7.91. The number of carbonyl (C=O) groups is 2. The van der Waals surface area contributed by atoms with Gasteiger partial charge in [-0.05, 0) is 43.3 Å². The Balaban J connectivity index is 2.20. The van der Waals surface area contributed by atoms with Crippen LogP contribution in [0.5, 0.6) is 0 Å². The highest BCUT2D eigenvalue weighted by Gasteiger charge is 2.30. The van der Waals surface area contributed by atoms with Crippen molar-refractivity contribution in [1.29, 1.82) is 0 Å². The quantitative estimate of drug-likeness (QED) is 0.735. The van der Waals surface area contributed by atoms with Crippen molar-refractivity contribution in [3.63, 3.8) is 0 Å². The van der Waals surface area contributed by atoms with Gasteiger partial charge in [0.15, 0.2) is 5.78 Å². The van der Waals surface area contributed by atoms with E-state index in [9.17, 15) is 31.2 Å². The lowest BCUT2D eigenvalue weighted by Gasteiger charge is -2.22. The number of nitrogens with zero attached hydrogens (tertiary/aromatic N) is 1. The summed E-state index contributed by atoms with van der Waals surface area (Å²) < 4.78 is 62.7. The molecule has 0 aliphatic carbocycles. The molecule has 1 amide bonds. The monoisotopic (exact) mass is 414 g/mol. The molecule has 0 atom stereocenters. The Kier molecular flexibility index (Phi) is 6.13. The van der Waals surface area contributed by atoms with Crippen LogP contribution in [-0.4, -0.2) is 32.9 Å². The van der Waals surface area contributed by atoms with Crippen molar-refractivity contribution in [3.05, 3.63) is 59.7 Å². The molecule has 0 radical (unpaired) electrons. The van der Waals surface area contributed by atoms with Gasteiger partial charge in [-0.15, -0.1) is 0 Å². The molecule has 2 rings (SSSR count). The van der Waals surface area contributed by atoms with E-state index in [2.05, 4.69) is 5.32 Å². The van der Waals surface area contributed by atoms with E-state index in [0.717, 1.165) is 34.8 Å². The average molecular weight is 414 g/mol. The number of benzene rings is 2. The predicted octanol–water partition coefficient (Wildman–Crippen LogP) is 3.31. The van der Waals surface area contributed by atoms with Crippen molar-refractivity contribution in [2.75, 3.05) is 22.4 Å². The second-order valence-electron chi connectivity index (χ2n) is 6.00. The first-order valence-electron chi connectivity index (χ1n) is 7.94. The summed E-state index contributed by atoms with van der Waals surface area (Å²) in [5, 5.41) is 2.35. The predicted molar refractivity (Wildman–Crippen MR) is 98.7 cm³/mol. The third-order valence-electron chi connectivity index (χ3n) is 3.72. The molecule has 1 N–H and O–H groups in total. The van der Waals surface area contributed by atoms with Gasteiger partial charge in [-0.25, -0.2) is 8.42 Å². The molecule has 0 aliphatic rings. The van der Waals surface area contributed by atoms with Gasteiger partial charge in [0.1, 0.15) is 6.54 Å². The third-order valence-corrected chi connectivity index (χ3v) is 4.86. The third kappa shape index (κ3) is 5.56. The molecule has 6 nitrogen and oxygen atoms in total. The van der Waals surface area contributed by atoms with Gasteiger partial charge in [0.25, 0.3) is 0 Å². The average Bonchev–Trinajstić information content (AvgIpc) is 2.58. The Labute approximate surface area is 160 Å². The standard InChI is InChI=1S/C18H17F3N2O4S/c1-12(24)13-4-3-5-16(10-13)23(28(2,26)27)11-17(25)22-15-8-6-14(7-9-15)18(19,20)21/h3-10H,11H2,1-2H3,(H,22,25). The molecule has 0 aliphatic heterocycles. The van der Waals surface area contributed by atoms with Crippen molar-refractivity contribution >= 4 is 33.1 Å². The summed E-state index contributed by atoms with van der Waals surface area (Å²) in [5.74, 6) is -1.03. The fourth-order valence-electron chi connectivity index (χ4n) is 2.35. The lowest BCUT2D eigenvalue weighted by Crippen LogP contribution is -2.37. The Hall–Kier alpha value is -2.88. The van der Waals surface area contributed by atoms with Gasteiger partial charge in [-0.3, -0.25) is 13.9 Å². The van der Waals surface area contributed by atoms with Crippen LogP contribution < -0.4 is 9.62 Å². The van der Waals surface area contributed by atoms with Gasteiger partial charge in [-0.2, -0.15) is 13.2 Å². The van der Waals surface area contributed by atoms with E-state index in [1.807, 2.05) is 0 Å². The summed E-state index contributed by atoms with van der Waals surface area (Å²) in [5.41, 5.74) is -0.389. The minimum atomic E-state index is -4.50. The zero-order valence-corrected chi connectivity index (χ0v) is 15.8. The smallest absolute Gasteiger partial charge is 0.325 e. The van der Waals surface area contributed by atoms with Gasteiger partial charge >= 0.3 is 6.18 Å². The van der Waals surface area contributed by atoms with Crippen LogP contribution in [-0.2, 0) is 21.0 Å². The second kappa shape index (κ2) is 8.01. The molecule has 2 aromatic carbocycles. The van der Waals surface area contributed by atoms with Crippen molar-refractivity contribution in [3.8, 4) is 0 Å². The number of sulfonamides is 1. The largest absolute Gasteiger partial charge is 0.416 e. The number of carbonyl (C=O) groups excluding carboxylic acids is 2. The van der Waals surface area contributed by atoms with Gasteiger partial charge in [0.05, 0.1) is 17.5 Å². The number of hydrogen-bond donors (Lipinski definition) is 1. The highest BCUT2D eigenvalue weighted by atomic mass is 32.2. The molecule has 150 valence electrons. The Morgan fingerprint density at radius 1 is 1.07 bits per heavy atom. The van der Waals surface area contributed by atoms with Crippen LogP contribution >= 0.6 is 0 Å². The number of halogens is 3. The van der Waals surface area contributed by atoms with E-state index < -0.39 is 34.2 Å². The van der Waals surface area contributed by atoms with Crippen molar-refractivity contribution in [2.45, 2.75) is 13.1 Å². The first kappa shape index (κ1) is 21.4. The Morgan fingerprint density at radius 2 is 1.68 bits per heavy atom. The highest BCUT2D eigenvalue weighted by Crippen LogP contribution is 2.29. The summed E-state index contributed by atoms with van der Waals surface area (Å²) in [4.78, 5) is 23.7. The molecule has 0 unspecified atom stereocenters. The van der Waals surface area contributed by atoms with Gasteiger partial charge in [0, 0.05) is 11.3 Å². The molecule has 0 saturated carbocycles. The summed E-state index contributed by atoms with van der Waals surface area (Å²) in [7, 11) is -3.86. The summed E-state index contributed by atoms with van der Waals surface area (Å²) in [6.07, 6.45) is -3.60. The number of Topliss-reactive ketones (excluding diaryl/α,β-unsaturated/α-hetero) is 1. The lowest BCUT2D eigenvalue weighted by atomic mass is 10.1. The van der Waals surface area contributed by atoms with Crippen LogP contribution in [0.4, 0.5) is 24.5 Å². The topological polar surface area (TPSA) is 83.6 Å². The van der Waals surface area contributed by atoms with E-state index in [4.69, 9.17) is 0 Å². The fraction of sp³-hybridized carbons (Fsp3) is 0.222. The maximum absolute atomic E-state index is 12.6. The van der Waals surface area contributed by atoms with Crippen LogP contribution in [0.15, 0.2) is 48.5 Å². The van der Waals surface area contributed by atoms with Crippen LogP contribution in [0.1, 0.15) is 22.8 Å². The van der Waals surface area contributed by atoms with Crippen LogP contribution in [0.25, 0.3) is 0 Å². The van der Waals surface area contributed by atoms with Gasteiger partial charge in [0.2, 0.25) is 15.9 Å². The van der Waals surface area contributed by atoms with Crippen LogP contribution in [0.3, 0.4) is 0 Å². The van der Waals surface area contributed by atoms with Crippen molar-refractivity contribution < 1.29 is 31.2 Å². The Bertz CT molecular complexity index is 987. The SMILES string of the molecule is CC(=O)c1cccc(N(CC(=O)Nc2ccc(C(F)(F)F)cc2)S(C)(=O)=O)c1. The number of alkyl halides is 3. The lowest BCUT2D eigenvalue weighted by molar-refractivity contribution is -0.137. The number of hydrogen-bond acceptors (Lipinski definition) is 4. The minimum absolute atomic E-state index is 0.0870. The highest BCUT2D eigenvalue weighted by molar-refractivity contribution is 7.92. The minimum Gasteiger partial charge on any atom is -0.325 e. The molecule has 10 heteroatoms. The molecule has 0 fully saturated rings. The normalized spacial score (nSPS) is 11.8. The molecule has 28 heavy (non-hydrogen) atoms. The maximum atomic E-state index is 12.6. The zero-order chi connectivity index (χ0) is 21.1. The maximum Gasteiger partial charge on any atom is 0.416 e.